The summed E-state index contributed by atoms with van der Waals surface area (Å²) in [4.78, 5) is 0. The first-order valence-electron chi connectivity index (χ1n) is 6.99. The summed E-state index contributed by atoms with van der Waals surface area (Å²) in [5, 5.41) is 7.86. The van der Waals surface area contributed by atoms with E-state index in [9.17, 15) is 0 Å². The molecular weight excluding hydrogens is 300 g/mol. The molecule has 0 heterocycles. The normalized spacial score (nSPS) is 10.2. The van der Waals surface area contributed by atoms with Crippen LogP contribution >= 0.6 is 23.8 Å². The van der Waals surface area contributed by atoms with Crippen LogP contribution in [0.15, 0.2) is 48.5 Å². The van der Waals surface area contributed by atoms with Gasteiger partial charge in [-0.2, -0.15) is 0 Å². The molecule has 0 aromatic heterocycles. The number of aryl methyl sites for hydroxylation is 2. The minimum absolute atomic E-state index is 0.664. The second kappa shape index (κ2) is 8.01. The third kappa shape index (κ3) is 5.74. The highest BCUT2D eigenvalue weighted by Gasteiger charge is 1.98. The van der Waals surface area contributed by atoms with Crippen LogP contribution in [0.1, 0.15) is 17.5 Å². The molecule has 2 aromatic carbocycles. The van der Waals surface area contributed by atoms with Gasteiger partial charge in [0.1, 0.15) is 0 Å². The lowest BCUT2D eigenvalue weighted by molar-refractivity contribution is 0.777. The Labute approximate surface area is 136 Å². The van der Waals surface area contributed by atoms with Gasteiger partial charge in [0, 0.05) is 17.3 Å². The zero-order valence-corrected chi connectivity index (χ0v) is 13.6. The predicted octanol–water partition coefficient (Wildman–Crippen LogP) is 4.57. The van der Waals surface area contributed by atoms with Gasteiger partial charge in [0.05, 0.1) is 0 Å². The molecule has 0 saturated carbocycles. The number of thiocarbonyl (C=S) groups is 1. The lowest BCUT2D eigenvalue weighted by Crippen LogP contribution is -2.29. The topological polar surface area (TPSA) is 24.1 Å². The van der Waals surface area contributed by atoms with Crippen molar-refractivity contribution in [3.8, 4) is 0 Å². The number of anilines is 1. The Morgan fingerprint density at radius 3 is 2.62 bits per heavy atom. The second-order valence-electron chi connectivity index (χ2n) is 4.98. The Kier molecular flexibility index (Phi) is 6.03. The Hall–Kier alpha value is -1.58. The van der Waals surface area contributed by atoms with Gasteiger partial charge in [-0.05, 0) is 67.4 Å². The van der Waals surface area contributed by atoms with Crippen LogP contribution < -0.4 is 10.6 Å². The number of benzene rings is 2. The Morgan fingerprint density at radius 2 is 1.90 bits per heavy atom. The van der Waals surface area contributed by atoms with Gasteiger partial charge in [0.25, 0.3) is 0 Å². The van der Waals surface area contributed by atoms with E-state index in [0.29, 0.717) is 5.11 Å². The molecule has 110 valence electrons. The average molecular weight is 319 g/mol. The molecule has 2 rings (SSSR count). The summed E-state index contributed by atoms with van der Waals surface area (Å²) >= 11 is 11.2. The first-order valence-corrected chi connectivity index (χ1v) is 7.78. The van der Waals surface area contributed by atoms with Gasteiger partial charge in [-0.25, -0.2) is 0 Å². The van der Waals surface area contributed by atoms with Gasteiger partial charge in [0.2, 0.25) is 0 Å². The highest BCUT2D eigenvalue weighted by molar-refractivity contribution is 7.80. The largest absolute Gasteiger partial charge is 0.362 e. The summed E-state index contributed by atoms with van der Waals surface area (Å²) in [6.07, 6.45) is 2.04. The van der Waals surface area contributed by atoms with Crippen LogP contribution in [-0.4, -0.2) is 11.7 Å². The van der Waals surface area contributed by atoms with Crippen molar-refractivity contribution in [2.45, 2.75) is 19.8 Å². The number of hydrogen-bond acceptors (Lipinski definition) is 1. The van der Waals surface area contributed by atoms with Crippen molar-refractivity contribution in [2.75, 3.05) is 11.9 Å². The minimum atomic E-state index is 0.664. The van der Waals surface area contributed by atoms with Crippen molar-refractivity contribution in [2.24, 2.45) is 0 Å². The fourth-order valence-corrected chi connectivity index (χ4v) is 2.39. The molecule has 0 aliphatic heterocycles. The van der Waals surface area contributed by atoms with Crippen molar-refractivity contribution in [1.82, 2.24) is 5.32 Å². The van der Waals surface area contributed by atoms with E-state index in [-0.39, 0.29) is 0 Å². The van der Waals surface area contributed by atoms with Crippen LogP contribution in [0.2, 0.25) is 5.02 Å². The first kappa shape index (κ1) is 15.8. The molecule has 4 heteroatoms. The molecule has 0 amide bonds. The monoisotopic (exact) mass is 318 g/mol. The summed E-state index contributed by atoms with van der Waals surface area (Å²) in [6.45, 7) is 2.91. The minimum Gasteiger partial charge on any atom is -0.362 e. The van der Waals surface area contributed by atoms with E-state index >= 15 is 0 Å². The molecule has 2 nitrogen and oxygen atoms in total. The van der Waals surface area contributed by atoms with Crippen molar-refractivity contribution in [1.29, 1.82) is 0 Å². The fourth-order valence-electron chi connectivity index (χ4n) is 2.04. The zero-order chi connectivity index (χ0) is 15.1. The molecule has 0 aliphatic rings. The van der Waals surface area contributed by atoms with Gasteiger partial charge in [0.15, 0.2) is 5.11 Å². The van der Waals surface area contributed by atoms with Crippen LogP contribution in [-0.2, 0) is 6.42 Å². The van der Waals surface area contributed by atoms with E-state index in [1.807, 2.05) is 24.3 Å². The summed E-state index contributed by atoms with van der Waals surface area (Å²) < 4.78 is 0. The molecule has 2 aromatic rings. The molecule has 2 N–H and O–H groups in total. The molecule has 0 radical (unpaired) electrons. The van der Waals surface area contributed by atoms with E-state index < -0.39 is 0 Å². The van der Waals surface area contributed by atoms with Crippen LogP contribution in [0.4, 0.5) is 5.69 Å². The Morgan fingerprint density at radius 1 is 1.14 bits per heavy atom. The van der Waals surface area contributed by atoms with Gasteiger partial charge >= 0.3 is 0 Å². The SMILES string of the molecule is Cc1cccc(NC(=S)NCCCc2ccc(Cl)cc2)c1. The molecule has 0 unspecified atom stereocenters. The van der Waals surface area contributed by atoms with Gasteiger partial charge in [-0.15, -0.1) is 0 Å². The van der Waals surface area contributed by atoms with Crippen molar-refractivity contribution >= 4 is 34.6 Å². The number of hydrogen-bond donors (Lipinski definition) is 2. The van der Waals surface area contributed by atoms with Gasteiger partial charge in [-0.3, -0.25) is 0 Å². The maximum Gasteiger partial charge on any atom is 0.170 e. The third-order valence-electron chi connectivity index (χ3n) is 3.12. The summed E-state index contributed by atoms with van der Waals surface area (Å²) in [5.41, 5.74) is 3.52. The average Bonchev–Trinajstić information content (AvgIpc) is 2.45. The van der Waals surface area contributed by atoms with Crippen molar-refractivity contribution in [3.63, 3.8) is 0 Å². The summed E-state index contributed by atoms with van der Waals surface area (Å²) in [6, 6.07) is 16.1. The molecule has 21 heavy (non-hydrogen) atoms. The van der Waals surface area contributed by atoms with E-state index in [0.717, 1.165) is 30.1 Å². The maximum atomic E-state index is 5.86. The molecule has 0 saturated heterocycles. The molecular formula is C17H19ClN2S. The van der Waals surface area contributed by atoms with E-state index in [4.69, 9.17) is 23.8 Å². The van der Waals surface area contributed by atoms with Crippen LogP contribution in [0.25, 0.3) is 0 Å². The Balaban J connectivity index is 1.68. The van der Waals surface area contributed by atoms with Crippen LogP contribution in [0.3, 0.4) is 0 Å². The van der Waals surface area contributed by atoms with E-state index in [2.05, 4.69) is 41.8 Å². The third-order valence-corrected chi connectivity index (χ3v) is 3.62. The van der Waals surface area contributed by atoms with E-state index in [1.165, 1.54) is 11.1 Å². The lowest BCUT2D eigenvalue weighted by atomic mass is 10.1. The highest BCUT2D eigenvalue weighted by atomic mass is 35.5. The standard InChI is InChI=1S/C17H19ClN2S/c1-13-4-2-6-16(12-13)20-17(21)19-11-3-5-14-7-9-15(18)10-8-14/h2,4,6-10,12H,3,5,11H2,1H3,(H2,19,20,21). The van der Waals surface area contributed by atoms with Crippen molar-refractivity contribution < 1.29 is 0 Å². The molecule has 0 bridgehead atoms. The van der Waals surface area contributed by atoms with E-state index in [1.54, 1.807) is 0 Å². The molecule has 0 spiro atoms. The summed E-state index contributed by atoms with van der Waals surface area (Å²) in [7, 11) is 0. The van der Waals surface area contributed by atoms with Gasteiger partial charge < -0.3 is 10.6 Å². The Bertz CT molecular complexity index is 596. The highest BCUT2D eigenvalue weighted by Crippen LogP contribution is 2.11. The van der Waals surface area contributed by atoms with Crippen molar-refractivity contribution in [3.05, 3.63) is 64.7 Å². The van der Waals surface area contributed by atoms with Gasteiger partial charge in [-0.1, -0.05) is 35.9 Å². The van der Waals surface area contributed by atoms with Crippen LogP contribution in [0, 0.1) is 6.92 Å². The molecule has 0 atom stereocenters. The second-order valence-corrected chi connectivity index (χ2v) is 5.83. The molecule has 0 fully saturated rings. The quantitative estimate of drug-likeness (QED) is 0.624. The zero-order valence-electron chi connectivity index (χ0n) is 12.0. The maximum absolute atomic E-state index is 5.86. The molecule has 0 aliphatic carbocycles. The number of nitrogens with one attached hydrogen (secondary N) is 2. The first-order chi connectivity index (χ1) is 10.1. The lowest BCUT2D eigenvalue weighted by Gasteiger charge is -2.11. The summed E-state index contributed by atoms with van der Waals surface area (Å²) in [5.74, 6) is 0. The fraction of sp³-hybridized carbons (Fsp3) is 0.235. The number of rotatable bonds is 5. The number of halogens is 1. The predicted molar refractivity (Wildman–Crippen MR) is 95.2 cm³/mol. The smallest absolute Gasteiger partial charge is 0.170 e. The van der Waals surface area contributed by atoms with Crippen LogP contribution in [0.5, 0.6) is 0 Å².